The summed E-state index contributed by atoms with van der Waals surface area (Å²) >= 11 is 0. The van der Waals surface area contributed by atoms with Crippen LogP contribution in [0.15, 0.2) is 12.2 Å². The molecule has 0 spiro atoms. The third kappa shape index (κ3) is 2.04. The predicted molar refractivity (Wildman–Crippen MR) is 91.0 cm³/mol. The van der Waals surface area contributed by atoms with Gasteiger partial charge in [0.05, 0.1) is 13.0 Å². The molecule has 4 heteroatoms. The van der Waals surface area contributed by atoms with E-state index in [1.54, 1.807) is 6.08 Å². The van der Waals surface area contributed by atoms with E-state index in [1.165, 1.54) is 13.5 Å². The molecule has 4 aliphatic rings. The second kappa shape index (κ2) is 5.34. The molecule has 0 bridgehead atoms. The minimum Gasteiger partial charge on any atom is -0.469 e. The summed E-state index contributed by atoms with van der Waals surface area (Å²) < 4.78 is 5.10. The van der Waals surface area contributed by atoms with E-state index in [-0.39, 0.29) is 34.7 Å². The molecule has 0 aromatic carbocycles. The summed E-state index contributed by atoms with van der Waals surface area (Å²) in [6.45, 7) is 4.66. The summed E-state index contributed by atoms with van der Waals surface area (Å²) in [5.74, 6) is 2.01. The molecule has 24 heavy (non-hydrogen) atoms. The molecule has 4 rings (SSSR count). The van der Waals surface area contributed by atoms with Crippen molar-refractivity contribution >= 4 is 11.9 Å². The van der Waals surface area contributed by atoms with Crippen molar-refractivity contribution in [3.63, 3.8) is 0 Å². The summed E-state index contributed by atoms with van der Waals surface area (Å²) in [5.41, 5.74) is 0.167. The third-order valence-corrected chi connectivity index (χ3v) is 8.17. The predicted octanol–water partition coefficient (Wildman–Crippen LogP) is 3.07. The molecule has 1 aliphatic heterocycles. The number of amides is 1. The van der Waals surface area contributed by atoms with Gasteiger partial charge in [-0.1, -0.05) is 19.9 Å². The van der Waals surface area contributed by atoms with E-state index >= 15 is 0 Å². The third-order valence-electron chi connectivity index (χ3n) is 8.17. The van der Waals surface area contributed by atoms with Crippen LogP contribution in [0.3, 0.4) is 0 Å². The van der Waals surface area contributed by atoms with E-state index in [4.69, 9.17) is 4.74 Å². The fourth-order valence-corrected chi connectivity index (χ4v) is 6.86. The Morgan fingerprint density at radius 3 is 2.71 bits per heavy atom. The van der Waals surface area contributed by atoms with Gasteiger partial charge in [-0.2, -0.15) is 0 Å². The molecule has 1 amide bonds. The maximum Gasteiger partial charge on any atom is 0.309 e. The second-order valence-corrected chi connectivity index (χ2v) is 8.91. The first kappa shape index (κ1) is 16.2. The maximum absolute atomic E-state index is 12.3. The van der Waals surface area contributed by atoms with Crippen LogP contribution >= 0.6 is 0 Å². The molecule has 3 fully saturated rings. The van der Waals surface area contributed by atoms with E-state index in [0.717, 1.165) is 32.1 Å². The number of esters is 1. The molecular weight excluding hydrogens is 302 g/mol. The second-order valence-electron chi connectivity index (χ2n) is 8.91. The van der Waals surface area contributed by atoms with E-state index in [2.05, 4.69) is 25.2 Å². The highest BCUT2D eigenvalue weighted by atomic mass is 16.5. The van der Waals surface area contributed by atoms with Gasteiger partial charge < -0.3 is 10.1 Å². The van der Waals surface area contributed by atoms with Gasteiger partial charge in [0, 0.05) is 11.5 Å². The monoisotopic (exact) mass is 331 g/mol. The zero-order valence-electron chi connectivity index (χ0n) is 15.0. The Bertz CT molecular complexity index is 600. The molecule has 1 unspecified atom stereocenters. The lowest BCUT2D eigenvalue weighted by Crippen LogP contribution is -2.59. The van der Waals surface area contributed by atoms with Crippen LogP contribution in [0.2, 0.25) is 0 Å². The Kier molecular flexibility index (Phi) is 3.59. The normalized spacial score (nSPS) is 49.6. The van der Waals surface area contributed by atoms with Crippen LogP contribution in [0.4, 0.5) is 0 Å². The molecule has 3 aliphatic carbocycles. The van der Waals surface area contributed by atoms with Crippen molar-refractivity contribution < 1.29 is 14.3 Å². The van der Waals surface area contributed by atoms with Crippen molar-refractivity contribution in [3.05, 3.63) is 12.2 Å². The van der Waals surface area contributed by atoms with Gasteiger partial charge in [-0.05, 0) is 67.8 Å². The van der Waals surface area contributed by atoms with Crippen LogP contribution in [-0.2, 0) is 14.3 Å². The highest BCUT2D eigenvalue weighted by molar-refractivity contribution is 5.89. The van der Waals surface area contributed by atoms with Gasteiger partial charge in [0.15, 0.2) is 0 Å². The minimum atomic E-state index is -0.0110. The molecule has 132 valence electrons. The lowest BCUT2D eigenvalue weighted by Gasteiger charge is -2.58. The molecule has 1 heterocycles. The molecule has 7 atom stereocenters. The fourth-order valence-electron chi connectivity index (χ4n) is 6.86. The van der Waals surface area contributed by atoms with Gasteiger partial charge in [-0.3, -0.25) is 9.59 Å². The zero-order valence-corrected chi connectivity index (χ0v) is 15.0. The first-order chi connectivity index (χ1) is 11.4. The largest absolute Gasteiger partial charge is 0.469 e. The number of nitrogens with one attached hydrogen (secondary N) is 1. The van der Waals surface area contributed by atoms with E-state index < -0.39 is 0 Å². The number of hydrogen-bond donors (Lipinski definition) is 1. The molecule has 3 saturated carbocycles. The Labute approximate surface area is 144 Å². The highest BCUT2D eigenvalue weighted by Gasteiger charge is 2.61. The SMILES string of the molecule is COC(=O)[C@H]1CC[C@H]2[C@@H]3CC[C@H]4NC(=O)C=C[C@]4(C)C3CC[C@]12C. The van der Waals surface area contributed by atoms with E-state index in [1.807, 2.05) is 0 Å². The summed E-state index contributed by atoms with van der Waals surface area (Å²) in [6, 6.07) is 0.276. The first-order valence-corrected chi connectivity index (χ1v) is 9.47. The quantitative estimate of drug-likeness (QED) is 0.751. The lowest BCUT2D eigenvalue weighted by molar-refractivity contribution is -0.153. The zero-order chi connectivity index (χ0) is 17.1. The van der Waals surface area contributed by atoms with Gasteiger partial charge in [-0.15, -0.1) is 0 Å². The number of fused-ring (bicyclic) bond motifs is 5. The fraction of sp³-hybridized carbons (Fsp3) is 0.800. The van der Waals surface area contributed by atoms with Crippen molar-refractivity contribution in [2.75, 3.05) is 7.11 Å². The summed E-state index contributed by atoms with van der Waals surface area (Å²) in [4.78, 5) is 24.0. The molecule has 0 radical (unpaired) electrons. The number of rotatable bonds is 1. The molecule has 0 saturated heterocycles. The molecule has 0 aromatic rings. The lowest BCUT2D eigenvalue weighted by atomic mass is 9.48. The average Bonchev–Trinajstić information content (AvgIpc) is 2.92. The Morgan fingerprint density at radius 1 is 1.17 bits per heavy atom. The van der Waals surface area contributed by atoms with Gasteiger partial charge >= 0.3 is 5.97 Å². The molecule has 4 nitrogen and oxygen atoms in total. The number of carbonyl (C=O) groups excluding carboxylic acids is 2. The maximum atomic E-state index is 12.3. The Hall–Kier alpha value is -1.32. The number of ether oxygens (including phenoxy) is 1. The van der Waals surface area contributed by atoms with Crippen molar-refractivity contribution in [2.45, 2.75) is 58.4 Å². The number of hydrogen-bond acceptors (Lipinski definition) is 3. The summed E-state index contributed by atoms with van der Waals surface area (Å²) in [5, 5.41) is 3.20. The smallest absolute Gasteiger partial charge is 0.309 e. The van der Waals surface area contributed by atoms with Crippen molar-refractivity contribution in [1.29, 1.82) is 0 Å². The van der Waals surface area contributed by atoms with Crippen LogP contribution in [-0.4, -0.2) is 25.0 Å². The minimum absolute atomic E-state index is 0.0110. The van der Waals surface area contributed by atoms with Crippen molar-refractivity contribution in [1.82, 2.24) is 5.32 Å². The highest BCUT2D eigenvalue weighted by Crippen LogP contribution is 2.65. The topological polar surface area (TPSA) is 55.4 Å². The van der Waals surface area contributed by atoms with Crippen molar-refractivity contribution in [3.8, 4) is 0 Å². The van der Waals surface area contributed by atoms with Crippen LogP contribution in [0, 0.1) is 34.5 Å². The summed E-state index contributed by atoms with van der Waals surface area (Å²) in [6.07, 6.45) is 10.5. The standard InChI is InChI=1S/C20H29NO3/c1-19-10-8-14-12(13(19)5-6-15(19)18(23)24-3)4-7-16-20(14,2)11-9-17(22)21-16/h9,11-16H,4-8,10H2,1-3H3,(H,21,22)/t12-,13-,14?,15+,16+,19-,20+/m0/s1. The summed E-state index contributed by atoms with van der Waals surface area (Å²) in [7, 11) is 1.52. The molecular formula is C20H29NO3. The van der Waals surface area contributed by atoms with Gasteiger partial charge in [0.25, 0.3) is 0 Å². The van der Waals surface area contributed by atoms with Gasteiger partial charge in [0.2, 0.25) is 5.91 Å². The number of methoxy groups -OCH3 is 1. The van der Waals surface area contributed by atoms with Crippen LogP contribution in [0.5, 0.6) is 0 Å². The van der Waals surface area contributed by atoms with Gasteiger partial charge in [-0.25, -0.2) is 0 Å². The number of carbonyl (C=O) groups is 2. The van der Waals surface area contributed by atoms with Gasteiger partial charge in [0.1, 0.15) is 0 Å². The average molecular weight is 331 g/mol. The molecule has 0 aromatic heterocycles. The van der Waals surface area contributed by atoms with Crippen molar-refractivity contribution in [2.24, 2.45) is 34.5 Å². The molecule has 1 N–H and O–H groups in total. The Morgan fingerprint density at radius 2 is 1.96 bits per heavy atom. The van der Waals surface area contributed by atoms with E-state index in [0.29, 0.717) is 17.8 Å². The van der Waals surface area contributed by atoms with Crippen LogP contribution < -0.4 is 5.32 Å². The first-order valence-electron chi connectivity index (χ1n) is 9.47. The van der Waals surface area contributed by atoms with E-state index in [9.17, 15) is 9.59 Å². The van der Waals surface area contributed by atoms with Crippen LogP contribution in [0.1, 0.15) is 52.4 Å². The Balaban J connectivity index is 1.64. The van der Waals surface area contributed by atoms with Crippen LogP contribution in [0.25, 0.3) is 0 Å².